The van der Waals surface area contributed by atoms with Gasteiger partial charge in [-0.05, 0) is 30.3 Å². The Labute approximate surface area is 155 Å². The van der Waals surface area contributed by atoms with Crippen molar-refractivity contribution in [2.45, 2.75) is 0 Å². The van der Waals surface area contributed by atoms with Gasteiger partial charge in [0, 0.05) is 17.3 Å². The fourth-order valence-corrected chi connectivity index (χ4v) is 2.48. The van der Waals surface area contributed by atoms with Crippen LogP contribution in [0.1, 0.15) is 21.6 Å². The molecule has 1 N–H and O–H groups in total. The molecule has 1 amide bonds. The molecule has 0 saturated heterocycles. The maximum absolute atomic E-state index is 12.3. The molecule has 0 bridgehead atoms. The highest BCUT2D eigenvalue weighted by Gasteiger charge is 2.11. The lowest BCUT2D eigenvalue weighted by atomic mass is 10.1. The highest BCUT2D eigenvalue weighted by molar-refractivity contribution is 6.42. The summed E-state index contributed by atoms with van der Waals surface area (Å²) < 4.78 is 0. The molecule has 1 aromatic heterocycles. The fraction of sp³-hybridized carbons (Fsp3) is 0. The number of rotatable bonds is 4. The van der Waals surface area contributed by atoms with Gasteiger partial charge >= 0.3 is 0 Å². The van der Waals surface area contributed by atoms with Crippen molar-refractivity contribution in [1.82, 2.24) is 10.4 Å². The number of carbonyl (C=O) groups is 1. The van der Waals surface area contributed by atoms with Crippen LogP contribution < -0.4 is 5.43 Å². The first-order valence-corrected chi connectivity index (χ1v) is 8.20. The lowest BCUT2D eigenvalue weighted by Crippen LogP contribution is -2.21. The van der Waals surface area contributed by atoms with E-state index in [2.05, 4.69) is 15.5 Å². The van der Waals surface area contributed by atoms with Gasteiger partial charge in [-0.1, -0.05) is 59.6 Å². The normalized spacial score (nSPS) is 11.2. The smallest absolute Gasteiger partial charge is 0.267 e. The number of amides is 1. The number of nitrogens with one attached hydrogen (secondary N) is 1. The van der Waals surface area contributed by atoms with Gasteiger partial charge in [0.2, 0.25) is 0 Å². The fourth-order valence-electron chi connectivity index (χ4n) is 2.18. The van der Waals surface area contributed by atoms with Crippen LogP contribution in [0.2, 0.25) is 10.0 Å². The summed E-state index contributed by atoms with van der Waals surface area (Å²) in [5.74, 6) is -0.386. The van der Waals surface area contributed by atoms with Crippen LogP contribution in [0.25, 0.3) is 0 Å². The van der Waals surface area contributed by atoms with Crippen molar-refractivity contribution < 1.29 is 4.79 Å². The Balaban J connectivity index is 1.91. The van der Waals surface area contributed by atoms with E-state index in [1.54, 1.807) is 18.3 Å². The predicted molar refractivity (Wildman–Crippen MR) is 100 cm³/mol. The number of halogens is 2. The van der Waals surface area contributed by atoms with Crippen LogP contribution in [0, 0.1) is 0 Å². The van der Waals surface area contributed by atoms with E-state index in [9.17, 15) is 4.79 Å². The summed E-state index contributed by atoms with van der Waals surface area (Å²) in [5, 5.41) is 4.97. The molecular weight excluding hydrogens is 357 g/mol. The van der Waals surface area contributed by atoms with Crippen molar-refractivity contribution >= 4 is 34.8 Å². The van der Waals surface area contributed by atoms with E-state index in [-0.39, 0.29) is 5.91 Å². The Hall–Kier alpha value is -2.69. The molecule has 0 fully saturated rings. The number of hydrazone groups is 1. The van der Waals surface area contributed by atoms with Gasteiger partial charge in [0.15, 0.2) is 0 Å². The minimum atomic E-state index is -0.386. The van der Waals surface area contributed by atoms with Gasteiger partial charge < -0.3 is 0 Å². The minimum absolute atomic E-state index is 0.311. The van der Waals surface area contributed by atoms with Crippen LogP contribution in [0.5, 0.6) is 0 Å². The van der Waals surface area contributed by atoms with E-state index in [0.717, 1.165) is 5.56 Å². The first kappa shape index (κ1) is 17.1. The molecule has 0 radical (unpaired) electrons. The van der Waals surface area contributed by atoms with Crippen molar-refractivity contribution in [3.05, 3.63) is 99.8 Å². The maximum atomic E-state index is 12.3. The Kier molecular flexibility index (Phi) is 5.43. The Morgan fingerprint density at radius 1 is 0.880 bits per heavy atom. The summed E-state index contributed by atoms with van der Waals surface area (Å²) in [4.78, 5) is 16.6. The Bertz CT molecular complexity index is 871. The number of benzene rings is 2. The Morgan fingerprint density at radius 3 is 2.32 bits per heavy atom. The second kappa shape index (κ2) is 7.92. The van der Waals surface area contributed by atoms with Crippen LogP contribution in [0.3, 0.4) is 0 Å². The SMILES string of the molecule is O=C(N/N=C(\c1ccccc1)c1ccccn1)c1ccc(Cl)c(Cl)c1. The van der Waals surface area contributed by atoms with Crippen molar-refractivity contribution in [1.29, 1.82) is 0 Å². The summed E-state index contributed by atoms with van der Waals surface area (Å²) in [6.07, 6.45) is 1.68. The number of carbonyl (C=O) groups excluding carboxylic acids is 1. The van der Waals surface area contributed by atoms with Crippen LogP contribution in [0.15, 0.2) is 78.0 Å². The van der Waals surface area contributed by atoms with Gasteiger partial charge in [0.1, 0.15) is 5.71 Å². The molecule has 0 spiro atoms. The summed E-state index contributed by atoms with van der Waals surface area (Å²) in [6.45, 7) is 0. The van der Waals surface area contributed by atoms with Crippen LogP contribution >= 0.6 is 23.2 Å². The zero-order valence-electron chi connectivity index (χ0n) is 13.0. The van der Waals surface area contributed by atoms with E-state index in [4.69, 9.17) is 23.2 Å². The molecule has 0 aliphatic rings. The molecular formula is C19H13Cl2N3O. The minimum Gasteiger partial charge on any atom is -0.267 e. The zero-order valence-corrected chi connectivity index (χ0v) is 14.5. The molecule has 25 heavy (non-hydrogen) atoms. The zero-order chi connectivity index (χ0) is 17.6. The Morgan fingerprint density at radius 2 is 1.64 bits per heavy atom. The molecule has 2 aromatic carbocycles. The number of aromatic nitrogens is 1. The monoisotopic (exact) mass is 369 g/mol. The summed E-state index contributed by atoms with van der Waals surface area (Å²) in [5.41, 5.74) is 4.98. The van der Waals surface area contributed by atoms with Crippen LogP contribution in [0.4, 0.5) is 0 Å². The largest absolute Gasteiger partial charge is 0.271 e. The molecule has 0 aliphatic heterocycles. The van der Waals surface area contributed by atoms with Crippen LogP contribution in [-0.2, 0) is 0 Å². The lowest BCUT2D eigenvalue weighted by Gasteiger charge is -2.07. The molecule has 3 aromatic rings. The molecule has 6 heteroatoms. The third-order valence-electron chi connectivity index (χ3n) is 3.41. The maximum Gasteiger partial charge on any atom is 0.271 e. The van der Waals surface area contributed by atoms with E-state index in [1.807, 2.05) is 48.5 Å². The molecule has 0 aliphatic carbocycles. The van der Waals surface area contributed by atoms with Crippen molar-refractivity contribution in [2.24, 2.45) is 5.10 Å². The van der Waals surface area contributed by atoms with Gasteiger partial charge in [-0.3, -0.25) is 9.78 Å². The van der Waals surface area contributed by atoms with Crippen molar-refractivity contribution in [2.75, 3.05) is 0 Å². The summed E-state index contributed by atoms with van der Waals surface area (Å²) >= 11 is 11.8. The quantitative estimate of drug-likeness (QED) is 0.540. The molecule has 124 valence electrons. The van der Waals surface area contributed by atoms with Crippen molar-refractivity contribution in [3.63, 3.8) is 0 Å². The topological polar surface area (TPSA) is 54.4 Å². The van der Waals surface area contributed by atoms with Crippen molar-refractivity contribution in [3.8, 4) is 0 Å². The first-order valence-electron chi connectivity index (χ1n) is 7.45. The van der Waals surface area contributed by atoms with Gasteiger partial charge in [0.05, 0.1) is 15.7 Å². The van der Waals surface area contributed by atoms with E-state index in [1.165, 1.54) is 6.07 Å². The third-order valence-corrected chi connectivity index (χ3v) is 4.14. The highest BCUT2D eigenvalue weighted by Crippen LogP contribution is 2.22. The van der Waals surface area contributed by atoms with E-state index >= 15 is 0 Å². The standard InChI is InChI=1S/C19H13Cl2N3O/c20-15-10-9-14(12-16(15)21)19(25)24-23-18(13-6-2-1-3-7-13)17-8-4-5-11-22-17/h1-12H,(H,24,25)/b23-18+. The number of hydrogen-bond acceptors (Lipinski definition) is 3. The number of nitrogens with zero attached hydrogens (tertiary/aromatic N) is 2. The van der Waals surface area contributed by atoms with E-state index in [0.29, 0.717) is 27.0 Å². The predicted octanol–water partition coefficient (Wildman–Crippen LogP) is 4.57. The molecule has 0 unspecified atom stereocenters. The second-order valence-electron chi connectivity index (χ2n) is 5.11. The average Bonchev–Trinajstić information content (AvgIpc) is 2.66. The summed E-state index contributed by atoms with van der Waals surface area (Å²) in [7, 11) is 0. The van der Waals surface area contributed by atoms with E-state index < -0.39 is 0 Å². The molecule has 0 saturated carbocycles. The molecule has 1 heterocycles. The van der Waals surface area contributed by atoms with Gasteiger partial charge in [-0.15, -0.1) is 0 Å². The molecule has 3 rings (SSSR count). The average molecular weight is 370 g/mol. The summed E-state index contributed by atoms with van der Waals surface area (Å²) in [6, 6.07) is 19.7. The lowest BCUT2D eigenvalue weighted by molar-refractivity contribution is 0.0955. The highest BCUT2D eigenvalue weighted by atomic mass is 35.5. The van der Waals surface area contributed by atoms with Crippen LogP contribution in [-0.4, -0.2) is 16.6 Å². The third kappa shape index (κ3) is 4.24. The second-order valence-corrected chi connectivity index (χ2v) is 5.93. The number of pyridine rings is 1. The van der Waals surface area contributed by atoms with Gasteiger partial charge in [-0.2, -0.15) is 5.10 Å². The van der Waals surface area contributed by atoms with Gasteiger partial charge in [0.25, 0.3) is 5.91 Å². The van der Waals surface area contributed by atoms with Gasteiger partial charge in [-0.25, -0.2) is 5.43 Å². The molecule has 0 atom stereocenters. The first-order chi connectivity index (χ1) is 12.1. The molecule has 4 nitrogen and oxygen atoms in total. The number of hydrogen-bond donors (Lipinski definition) is 1.